The van der Waals surface area contributed by atoms with Crippen LogP contribution in [0.25, 0.3) is 0 Å². The van der Waals surface area contributed by atoms with Crippen molar-refractivity contribution in [1.82, 2.24) is 20.9 Å². The van der Waals surface area contributed by atoms with E-state index in [9.17, 15) is 28.8 Å². The molecule has 5 amide bonds. The number of allylic oxidation sites excluding steroid dienone is 1. The lowest BCUT2D eigenvalue weighted by Crippen LogP contribution is -2.51. The van der Waals surface area contributed by atoms with E-state index in [2.05, 4.69) is 16.0 Å². The summed E-state index contributed by atoms with van der Waals surface area (Å²) < 4.78 is 5.31. The highest BCUT2D eigenvalue weighted by Crippen LogP contribution is 2.28. The number of imide groups is 1. The van der Waals surface area contributed by atoms with E-state index in [1.54, 1.807) is 46.8 Å². The molecule has 11 nitrogen and oxygen atoms in total. The van der Waals surface area contributed by atoms with E-state index in [0.29, 0.717) is 31.5 Å². The number of ether oxygens (including phenoxy) is 1. The maximum Gasteiger partial charge on any atom is 0.308 e. The molecule has 1 aliphatic carbocycles. The summed E-state index contributed by atoms with van der Waals surface area (Å²) in [6.45, 7) is 11.0. The minimum atomic E-state index is -0.800. The van der Waals surface area contributed by atoms with Gasteiger partial charge in [-0.05, 0) is 37.8 Å². The second-order valence-corrected chi connectivity index (χ2v) is 11.6. The van der Waals surface area contributed by atoms with Crippen molar-refractivity contribution in [1.29, 1.82) is 0 Å². The second kappa shape index (κ2) is 14.8. The van der Waals surface area contributed by atoms with Crippen LogP contribution >= 0.6 is 0 Å². The maximum absolute atomic E-state index is 12.7. The normalized spacial score (nSPS) is 21.1. The van der Waals surface area contributed by atoms with Gasteiger partial charge >= 0.3 is 5.97 Å². The van der Waals surface area contributed by atoms with Crippen LogP contribution in [-0.2, 0) is 33.5 Å². The number of nitrogens with zero attached hydrogens (tertiary/aromatic N) is 1. The molecule has 0 spiro atoms. The van der Waals surface area contributed by atoms with Crippen LogP contribution in [-0.4, -0.2) is 66.1 Å². The van der Waals surface area contributed by atoms with E-state index in [1.165, 1.54) is 4.90 Å². The third kappa shape index (κ3) is 9.91. The molecule has 3 unspecified atom stereocenters. The smallest absolute Gasteiger partial charge is 0.308 e. The van der Waals surface area contributed by atoms with E-state index in [0.717, 1.165) is 0 Å². The third-order valence-electron chi connectivity index (χ3n) is 6.85. The van der Waals surface area contributed by atoms with E-state index in [4.69, 9.17) is 4.74 Å². The van der Waals surface area contributed by atoms with E-state index in [-0.39, 0.29) is 67.4 Å². The molecule has 0 aromatic rings. The molecule has 0 bridgehead atoms. The first kappa shape index (κ1) is 32.7. The zero-order valence-corrected chi connectivity index (χ0v) is 24.5. The summed E-state index contributed by atoms with van der Waals surface area (Å²) in [5.41, 5.74) is 0.00873. The first-order chi connectivity index (χ1) is 18.7. The van der Waals surface area contributed by atoms with Gasteiger partial charge < -0.3 is 20.7 Å². The van der Waals surface area contributed by atoms with Crippen LogP contribution in [0.15, 0.2) is 23.9 Å². The van der Waals surface area contributed by atoms with Crippen molar-refractivity contribution in [2.45, 2.75) is 79.7 Å². The monoisotopic (exact) mass is 560 g/mol. The molecule has 1 heterocycles. The molecule has 222 valence electrons. The average Bonchev–Trinajstić information content (AvgIpc) is 3.36. The molecule has 40 heavy (non-hydrogen) atoms. The summed E-state index contributed by atoms with van der Waals surface area (Å²) in [7, 11) is 0. The van der Waals surface area contributed by atoms with Crippen LogP contribution < -0.4 is 16.0 Å². The lowest BCUT2D eigenvalue weighted by Gasteiger charge is -2.22. The van der Waals surface area contributed by atoms with Gasteiger partial charge in [-0.25, -0.2) is 0 Å². The standard InChI is InChI=1S/C29H44N4O7/c1-18(2)25(32-22(34)10-8-7-9-13-33-24(36)14-20(5)27(33)38)26(37)30-16-23(35)31-21-11-12-29(6,15-21)17-40-28(39)19(3)4/h11-12,15,18-20,25H,7-10,13-14,16-17H2,1-6H3,(H,30,37)(H,31,35)(H,32,34). The van der Waals surface area contributed by atoms with Crippen molar-refractivity contribution >= 4 is 35.5 Å². The molecular formula is C29H44N4O7. The number of amides is 5. The highest BCUT2D eigenvalue weighted by Gasteiger charge is 2.34. The van der Waals surface area contributed by atoms with Crippen molar-refractivity contribution < 1.29 is 33.5 Å². The van der Waals surface area contributed by atoms with Crippen molar-refractivity contribution in [2.24, 2.45) is 23.2 Å². The predicted molar refractivity (Wildman–Crippen MR) is 148 cm³/mol. The molecule has 3 N–H and O–H groups in total. The molecule has 0 radical (unpaired) electrons. The van der Waals surface area contributed by atoms with Gasteiger partial charge in [0.2, 0.25) is 29.5 Å². The van der Waals surface area contributed by atoms with Crippen molar-refractivity contribution in [3.05, 3.63) is 23.9 Å². The summed E-state index contributed by atoms with van der Waals surface area (Å²) in [5, 5.41) is 8.05. The zero-order chi connectivity index (χ0) is 30.0. The minimum absolute atomic E-state index is 0.137. The quantitative estimate of drug-likeness (QED) is 0.157. The predicted octanol–water partition coefficient (Wildman–Crippen LogP) is 1.97. The Hall–Kier alpha value is -3.50. The fourth-order valence-corrected chi connectivity index (χ4v) is 4.37. The third-order valence-corrected chi connectivity index (χ3v) is 6.85. The lowest BCUT2D eigenvalue weighted by molar-refractivity contribution is -0.149. The van der Waals surface area contributed by atoms with Gasteiger partial charge in [0.05, 0.1) is 12.5 Å². The largest absolute Gasteiger partial charge is 0.464 e. The molecule has 1 aliphatic heterocycles. The zero-order valence-electron chi connectivity index (χ0n) is 24.5. The van der Waals surface area contributed by atoms with Crippen LogP contribution in [0.4, 0.5) is 0 Å². The molecule has 11 heteroatoms. The molecule has 1 saturated heterocycles. The van der Waals surface area contributed by atoms with Gasteiger partial charge in [0.15, 0.2) is 0 Å². The van der Waals surface area contributed by atoms with Crippen LogP contribution in [0.1, 0.15) is 73.6 Å². The number of carbonyl (C=O) groups is 6. The Morgan fingerprint density at radius 1 is 1.07 bits per heavy atom. The fraction of sp³-hybridized carbons (Fsp3) is 0.655. The first-order valence-electron chi connectivity index (χ1n) is 14.0. The molecule has 2 rings (SSSR count). The lowest BCUT2D eigenvalue weighted by atomic mass is 9.94. The molecule has 1 fully saturated rings. The van der Waals surface area contributed by atoms with Gasteiger partial charge in [0.1, 0.15) is 12.6 Å². The number of hydrogen-bond donors (Lipinski definition) is 3. The number of likely N-dealkylation sites (tertiary alicyclic amines) is 1. The summed E-state index contributed by atoms with van der Waals surface area (Å²) in [4.78, 5) is 74.5. The summed E-state index contributed by atoms with van der Waals surface area (Å²) >= 11 is 0. The van der Waals surface area contributed by atoms with Gasteiger partial charge in [-0.2, -0.15) is 0 Å². The Morgan fingerprint density at radius 3 is 2.38 bits per heavy atom. The number of carbonyl (C=O) groups excluding carboxylic acids is 6. The van der Waals surface area contributed by atoms with Crippen molar-refractivity contribution in [3.8, 4) is 0 Å². The molecule has 0 aromatic heterocycles. The maximum atomic E-state index is 12.7. The summed E-state index contributed by atoms with van der Waals surface area (Å²) in [6.07, 6.45) is 7.67. The summed E-state index contributed by atoms with van der Waals surface area (Å²) in [6, 6.07) is -0.800. The Kier molecular flexibility index (Phi) is 12.1. The number of hydrogen-bond acceptors (Lipinski definition) is 7. The number of esters is 1. The van der Waals surface area contributed by atoms with Crippen LogP contribution in [0.3, 0.4) is 0 Å². The van der Waals surface area contributed by atoms with Gasteiger partial charge in [-0.3, -0.25) is 33.7 Å². The SMILES string of the molecule is CC(C)C(=O)OCC1(C)C=CC(NC(=O)CNC(=O)C(NC(=O)CCCCCN2C(=O)CC(C)C2=O)C(C)C)=C1. The number of rotatable bonds is 15. The molecule has 0 saturated carbocycles. The van der Waals surface area contributed by atoms with E-state index < -0.39 is 23.3 Å². The van der Waals surface area contributed by atoms with Gasteiger partial charge in [0.25, 0.3) is 0 Å². The Balaban J connectivity index is 1.71. The highest BCUT2D eigenvalue weighted by molar-refractivity contribution is 6.03. The molecular weight excluding hydrogens is 516 g/mol. The van der Waals surface area contributed by atoms with Crippen LogP contribution in [0, 0.1) is 23.2 Å². The summed E-state index contributed by atoms with van der Waals surface area (Å²) in [5.74, 6) is -2.42. The van der Waals surface area contributed by atoms with E-state index in [1.807, 2.05) is 13.0 Å². The molecule has 0 aromatic carbocycles. The van der Waals surface area contributed by atoms with Crippen molar-refractivity contribution in [3.63, 3.8) is 0 Å². The van der Waals surface area contributed by atoms with Gasteiger partial charge in [-0.1, -0.05) is 47.1 Å². The molecule has 3 atom stereocenters. The number of nitrogens with one attached hydrogen (secondary N) is 3. The first-order valence-corrected chi connectivity index (χ1v) is 14.0. The fourth-order valence-electron chi connectivity index (χ4n) is 4.37. The average molecular weight is 561 g/mol. The Morgan fingerprint density at radius 2 is 1.77 bits per heavy atom. The van der Waals surface area contributed by atoms with Gasteiger partial charge in [-0.15, -0.1) is 0 Å². The highest BCUT2D eigenvalue weighted by atomic mass is 16.5. The van der Waals surface area contributed by atoms with Crippen molar-refractivity contribution in [2.75, 3.05) is 19.7 Å². The van der Waals surface area contributed by atoms with Crippen LogP contribution in [0.5, 0.6) is 0 Å². The second-order valence-electron chi connectivity index (χ2n) is 11.6. The number of unbranched alkanes of at least 4 members (excludes halogenated alkanes) is 2. The molecule has 2 aliphatic rings. The van der Waals surface area contributed by atoms with Gasteiger partial charge in [0, 0.05) is 36.4 Å². The Labute approximate surface area is 236 Å². The van der Waals surface area contributed by atoms with E-state index >= 15 is 0 Å². The topological polar surface area (TPSA) is 151 Å². The Bertz CT molecular complexity index is 1050. The van der Waals surface area contributed by atoms with Crippen LogP contribution in [0.2, 0.25) is 0 Å². The minimum Gasteiger partial charge on any atom is -0.464 e.